The number of nitrogens with two attached hydrogens (primary N) is 1. The lowest BCUT2D eigenvalue weighted by molar-refractivity contribution is 0.521. The summed E-state index contributed by atoms with van der Waals surface area (Å²) in [7, 11) is 0. The zero-order chi connectivity index (χ0) is 15.4. The van der Waals surface area contributed by atoms with Crippen LogP contribution in [-0.4, -0.2) is 6.04 Å². The SMILES string of the molecule is Cc1cccc(C)c1CC(Cc1ccc(Cl)cc1Cl)NN. The first kappa shape index (κ1) is 16.3. The van der Waals surface area contributed by atoms with Crippen molar-refractivity contribution in [2.75, 3.05) is 0 Å². The van der Waals surface area contributed by atoms with Gasteiger partial charge < -0.3 is 0 Å². The molecule has 2 rings (SSSR count). The maximum Gasteiger partial charge on any atom is 0.0453 e. The highest BCUT2D eigenvalue weighted by Gasteiger charge is 2.14. The smallest absolute Gasteiger partial charge is 0.0453 e. The van der Waals surface area contributed by atoms with Crippen LogP contribution < -0.4 is 11.3 Å². The molecule has 2 nitrogen and oxygen atoms in total. The number of rotatable bonds is 5. The third-order valence-electron chi connectivity index (χ3n) is 3.81. The first-order valence-electron chi connectivity index (χ1n) is 6.96. The minimum Gasteiger partial charge on any atom is -0.271 e. The second-order valence-corrected chi connectivity index (χ2v) is 6.22. The van der Waals surface area contributed by atoms with Gasteiger partial charge in [-0.05, 0) is 61.1 Å². The molecule has 2 aromatic carbocycles. The van der Waals surface area contributed by atoms with Gasteiger partial charge in [0.1, 0.15) is 0 Å². The summed E-state index contributed by atoms with van der Waals surface area (Å²) in [6.07, 6.45) is 1.63. The third kappa shape index (κ3) is 4.21. The summed E-state index contributed by atoms with van der Waals surface area (Å²) in [5, 5.41) is 1.33. The highest BCUT2D eigenvalue weighted by molar-refractivity contribution is 6.35. The van der Waals surface area contributed by atoms with Crippen LogP contribution in [0.25, 0.3) is 0 Å². The van der Waals surface area contributed by atoms with Crippen LogP contribution in [0.15, 0.2) is 36.4 Å². The Hall–Kier alpha value is -1.06. The van der Waals surface area contributed by atoms with E-state index in [-0.39, 0.29) is 6.04 Å². The lowest BCUT2D eigenvalue weighted by atomic mass is 9.93. The van der Waals surface area contributed by atoms with E-state index < -0.39 is 0 Å². The molecule has 4 heteroatoms. The molecule has 112 valence electrons. The molecular formula is C17H20Cl2N2. The van der Waals surface area contributed by atoms with Crippen LogP contribution in [0.4, 0.5) is 0 Å². The average Bonchev–Trinajstić information content (AvgIpc) is 2.44. The van der Waals surface area contributed by atoms with E-state index in [1.807, 2.05) is 12.1 Å². The fraction of sp³-hybridized carbons (Fsp3) is 0.294. The van der Waals surface area contributed by atoms with E-state index in [0.717, 1.165) is 18.4 Å². The van der Waals surface area contributed by atoms with Crippen molar-refractivity contribution < 1.29 is 0 Å². The summed E-state index contributed by atoms with van der Waals surface area (Å²) < 4.78 is 0. The van der Waals surface area contributed by atoms with Gasteiger partial charge in [-0.25, -0.2) is 0 Å². The van der Waals surface area contributed by atoms with E-state index >= 15 is 0 Å². The number of nitrogens with one attached hydrogen (secondary N) is 1. The van der Waals surface area contributed by atoms with Crippen molar-refractivity contribution in [1.82, 2.24) is 5.43 Å². The summed E-state index contributed by atoms with van der Waals surface area (Å²) in [5.74, 6) is 5.73. The normalized spacial score (nSPS) is 12.4. The molecule has 0 amide bonds. The van der Waals surface area contributed by atoms with E-state index in [1.165, 1.54) is 16.7 Å². The van der Waals surface area contributed by atoms with Gasteiger partial charge in [0.15, 0.2) is 0 Å². The summed E-state index contributed by atoms with van der Waals surface area (Å²) in [6, 6.07) is 12.1. The first-order valence-corrected chi connectivity index (χ1v) is 7.72. The van der Waals surface area contributed by atoms with Gasteiger partial charge in [-0.2, -0.15) is 0 Å². The molecular weight excluding hydrogens is 303 g/mol. The summed E-state index contributed by atoms with van der Waals surface area (Å²) in [6.45, 7) is 4.26. The molecule has 0 aliphatic rings. The number of halogens is 2. The van der Waals surface area contributed by atoms with Gasteiger partial charge in [0.05, 0.1) is 0 Å². The Bertz CT molecular complexity index is 606. The summed E-state index contributed by atoms with van der Waals surface area (Å²) >= 11 is 12.2. The molecule has 3 N–H and O–H groups in total. The average molecular weight is 323 g/mol. The molecule has 0 saturated carbocycles. The number of benzene rings is 2. The highest BCUT2D eigenvalue weighted by atomic mass is 35.5. The first-order chi connectivity index (χ1) is 10.0. The van der Waals surface area contributed by atoms with Crippen molar-refractivity contribution in [3.8, 4) is 0 Å². The number of hydrazine groups is 1. The van der Waals surface area contributed by atoms with Crippen molar-refractivity contribution >= 4 is 23.2 Å². The van der Waals surface area contributed by atoms with Gasteiger partial charge >= 0.3 is 0 Å². The Balaban J connectivity index is 2.17. The highest BCUT2D eigenvalue weighted by Crippen LogP contribution is 2.23. The Morgan fingerprint density at radius 1 is 1.05 bits per heavy atom. The molecule has 0 aliphatic heterocycles. The van der Waals surface area contributed by atoms with E-state index in [4.69, 9.17) is 29.0 Å². The van der Waals surface area contributed by atoms with Crippen molar-refractivity contribution in [1.29, 1.82) is 0 Å². The van der Waals surface area contributed by atoms with Gasteiger partial charge in [-0.3, -0.25) is 11.3 Å². The zero-order valence-corrected chi connectivity index (χ0v) is 13.8. The van der Waals surface area contributed by atoms with Gasteiger partial charge in [0.25, 0.3) is 0 Å². The van der Waals surface area contributed by atoms with Crippen LogP contribution in [0, 0.1) is 13.8 Å². The monoisotopic (exact) mass is 322 g/mol. The lowest BCUT2D eigenvalue weighted by Gasteiger charge is -2.19. The fourth-order valence-electron chi connectivity index (χ4n) is 2.56. The van der Waals surface area contributed by atoms with Gasteiger partial charge in [0.2, 0.25) is 0 Å². The molecule has 0 fully saturated rings. The van der Waals surface area contributed by atoms with Crippen LogP contribution in [0.3, 0.4) is 0 Å². The topological polar surface area (TPSA) is 38.0 Å². The maximum atomic E-state index is 6.24. The van der Waals surface area contributed by atoms with Crippen LogP contribution in [0.2, 0.25) is 10.0 Å². The Kier molecular flexibility index (Phi) is 5.65. The Labute approximate surface area is 136 Å². The molecule has 0 radical (unpaired) electrons. The molecule has 0 bridgehead atoms. The van der Waals surface area contributed by atoms with Crippen LogP contribution in [0.5, 0.6) is 0 Å². The standard InChI is InChI=1S/C17H20Cl2N2/c1-11-4-3-5-12(2)16(11)10-15(21-20)8-13-6-7-14(18)9-17(13)19/h3-7,9,15,21H,8,10,20H2,1-2H3. The molecule has 21 heavy (non-hydrogen) atoms. The minimum atomic E-state index is 0.128. The number of aryl methyl sites for hydroxylation is 2. The quantitative estimate of drug-likeness (QED) is 0.638. The van der Waals surface area contributed by atoms with E-state index in [2.05, 4.69) is 37.5 Å². The van der Waals surface area contributed by atoms with Crippen LogP contribution in [0.1, 0.15) is 22.3 Å². The second kappa shape index (κ2) is 7.28. The summed E-state index contributed by atoms with van der Waals surface area (Å²) in [4.78, 5) is 0. The molecule has 0 aliphatic carbocycles. The molecule has 0 heterocycles. The van der Waals surface area contributed by atoms with Crippen molar-refractivity contribution in [2.45, 2.75) is 32.7 Å². The maximum absolute atomic E-state index is 6.24. The van der Waals surface area contributed by atoms with Crippen LogP contribution in [-0.2, 0) is 12.8 Å². The predicted octanol–water partition coefficient (Wildman–Crippen LogP) is 4.23. The molecule has 1 atom stereocenters. The van der Waals surface area contributed by atoms with Gasteiger partial charge in [-0.15, -0.1) is 0 Å². The molecule has 0 aromatic heterocycles. The lowest BCUT2D eigenvalue weighted by Crippen LogP contribution is -2.38. The zero-order valence-electron chi connectivity index (χ0n) is 12.3. The van der Waals surface area contributed by atoms with Crippen molar-refractivity contribution in [2.24, 2.45) is 5.84 Å². The van der Waals surface area contributed by atoms with Gasteiger partial charge in [-0.1, -0.05) is 47.5 Å². The molecule has 0 spiro atoms. The summed E-state index contributed by atoms with van der Waals surface area (Å²) in [5.41, 5.74) is 7.87. The Morgan fingerprint density at radius 3 is 2.29 bits per heavy atom. The third-order valence-corrected chi connectivity index (χ3v) is 4.40. The van der Waals surface area contributed by atoms with E-state index in [1.54, 1.807) is 6.07 Å². The minimum absolute atomic E-state index is 0.128. The number of hydrogen-bond acceptors (Lipinski definition) is 2. The Morgan fingerprint density at radius 2 is 1.71 bits per heavy atom. The molecule has 1 unspecified atom stereocenters. The van der Waals surface area contributed by atoms with Crippen molar-refractivity contribution in [3.05, 3.63) is 68.7 Å². The van der Waals surface area contributed by atoms with E-state index in [0.29, 0.717) is 10.0 Å². The molecule has 0 saturated heterocycles. The fourth-order valence-corrected chi connectivity index (χ4v) is 3.05. The largest absolute Gasteiger partial charge is 0.271 e. The van der Waals surface area contributed by atoms with Crippen LogP contribution >= 0.6 is 23.2 Å². The van der Waals surface area contributed by atoms with Gasteiger partial charge in [0, 0.05) is 16.1 Å². The second-order valence-electron chi connectivity index (χ2n) is 5.38. The van der Waals surface area contributed by atoms with E-state index in [9.17, 15) is 0 Å². The van der Waals surface area contributed by atoms with Crippen molar-refractivity contribution in [3.63, 3.8) is 0 Å². The number of hydrogen-bond donors (Lipinski definition) is 2. The predicted molar refractivity (Wildman–Crippen MR) is 90.9 cm³/mol. The molecule has 2 aromatic rings.